The lowest BCUT2D eigenvalue weighted by Gasteiger charge is -2.17. The van der Waals surface area contributed by atoms with Crippen molar-refractivity contribution in [2.24, 2.45) is 0 Å². The third-order valence-electron chi connectivity index (χ3n) is 2.88. The van der Waals surface area contributed by atoms with E-state index in [1.54, 1.807) is 6.07 Å². The SMILES string of the molecule is Cc1ccccc1C(C)Nc1cccc(C#N)n1. The molecule has 3 nitrogen and oxygen atoms in total. The minimum Gasteiger partial charge on any atom is -0.363 e. The summed E-state index contributed by atoms with van der Waals surface area (Å²) < 4.78 is 0. The first-order valence-corrected chi connectivity index (χ1v) is 5.90. The summed E-state index contributed by atoms with van der Waals surface area (Å²) in [5.41, 5.74) is 2.91. The molecule has 3 heteroatoms. The maximum atomic E-state index is 8.82. The van der Waals surface area contributed by atoms with Crippen LogP contribution in [0.4, 0.5) is 5.82 Å². The van der Waals surface area contributed by atoms with E-state index < -0.39 is 0 Å². The molecule has 0 saturated carbocycles. The van der Waals surface area contributed by atoms with E-state index in [4.69, 9.17) is 5.26 Å². The lowest BCUT2D eigenvalue weighted by molar-refractivity contribution is 0.864. The summed E-state index contributed by atoms with van der Waals surface area (Å²) in [5.74, 6) is 0.727. The van der Waals surface area contributed by atoms with Gasteiger partial charge in [0.15, 0.2) is 0 Å². The van der Waals surface area contributed by atoms with Crippen LogP contribution in [0, 0.1) is 18.3 Å². The molecule has 0 aliphatic heterocycles. The van der Waals surface area contributed by atoms with Crippen molar-refractivity contribution >= 4 is 5.82 Å². The number of hydrogen-bond acceptors (Lipinski definition) is 3. The zero-order valence-electron chi connectivity index (χ0n) is 10.5. The quantitative estimate of drug-likeness (QED) is 0.889. The van der Waals surface area contributed by atoms with Gasteiger partial charge in [0.1, 0.15) is 17.6 Å². The molecule has 18 heavy (non-hydrogen) atoms. The maximum Gasteiger partial charge on any atom is 0.142 e. The molecule has 1 atom stereocenters. The van der Waals surface area contributed by atoms with Crippen molar-refractivity contribution in [3.05, 3.63) is 59.3 Å². The fourth-order valence-electron chi connectivity index (χ4n) is 1.95. The second kappa shape index (κ2) is 5.33. The Morgan fingerprint density at radius 2 is 1.94 bits per heavy atom. The van der Waals surface area contributed by atoms with E-state index in [-0.39, 0.29) is 6.04 Å². The lowest BCUT2D eigenvalue weighted by atomic mass is 10.0. The van der Waals surface area contributed by atoms with E-state index in [1.807, 2.05) is 30.3 Å². The van der Waals surface area contributed by atoms with Crippen LogP contribution in [0.2, 0.25) is 0 Å². The highest BCUT2D eigenvalue weighted by atomic mass is 15.0. The summed E-state index contributed by atoms with van der Waals surface area (Å²) in [6.07, 6.45) is 0. The van der Waals surface area contributed by atoms with Crippen molar-refractivity contribution in [1.82, 2.24) is 4.98 Å². The lowest BCUT2D eigenvalue weighted by Crippen LogP contribution is -2.09. The topological polar surface area (TPSA) is 48.7 Å². The zero-order valence-corrected chi connectivity index (χ0v) is 10.5. The first-order chi connectivity index (χ1) is 8.70. The van der Waals surface area contributed by atoms with Crippen LogP contribution in [0.3, 0.4) is 0 Å². The molecule has 0 saturated heterocycles. The van der Waals surface area contributed by atoms with Gasteiger partial charge in [-0.2, -0.15) is 5.26 Å². The highest BCUT2D eigenvalue weighted by molar-refractivity contribution is 5.42. The van der Waals surface area contributed by atoms with Crippen molar-refractivity contribution in [2.45, 2.75) is 19.9 Å². The van der Waals surface area contributed by atoms with Crippen LogP contribution >= 0.6 is 0 Å². The maximum absolute atomic E-state index is 8.82. The van der Waals surface area contributed by atoms with Crippen molar-refractivity contribution < 1.29 is 0 Å². The molecule has 1 heterocycles. The highest BCUT2D eigenvalue weighted by Crippen LogP contribution is 2.20. The molecule has 2 rings (SSSR count). The van der Waals surface area contributed by atoms with Crippen LogP contribution in [0.15, 0.2) is 42.5 Å². The summed E-state index contributed by atoms with van der Waals surface area (Å²) in [7, 11) is 0. The summed E-state index contributed by atoms with van der Waals surface area (Å²) in [5, 5.41) is 12.1. The largest absolute Gasteiger partial charge is 0.363 e. The molecule has 1 N–H and O–H groups in total. The average Bonchev–Trinajstić information content (AvgIpc) is 2.39. The summed E-state index contributed by atoms with van der Waals surface area (Å²) in [4.78, 5) is 4.21. The first kappa shape index (κ1) is 12.1. The number of nitrogens with zero attached hydrogens (tertiary/aromatic N) is 2. The molecule has 2 aromatic rings. The fraction of sp³-hybridized carbons (Fsp3) is 0.200. The second-order valence-corrected chi connectivity index (χ2v) is 4.24. The number of hydrogen-bond donors (Lipinski definition) is 1. The predicted octanol–water partition coefficient (Wildman–Crippen LogP) is 3.43. The van der Waals surface area contributed by atoms with Gasteiger partial charge in [0.2, 0.25) is 0 Å². The third-order valence-corrected chi connectivity index (χ3v) is 2.88. The Labute approximate surface area is 107 Å². The molecular weight excluding hydrogens is 222 g/mol. The Morgan fingerprint density at radius 3 is 2.67 bits per heavy atom. The van der Waals surface area contributed by atoms with Gasteiger partial charge in [0, 0.05) is 0 Å². The number of benzene rings is 1. The number of aromatic nitrogens is 1. The van der Waals surface area contributed by atoms with Crippen molar-refractivity contribution in [1.29, 1.82) is 5.26 Å². The summed E-state index contributed by atoms with van der Waals surface area (Å²) >= 11 is 0. The predicted molar refractivity (Wildman–Crippen MR) is 72.2 cm³/mol. The van der Waals surface area contributed by atoms with Gasteiger partial charge < -0.3 is 5.32 Å². The number of nitrogens with one attached hydrogen (secondary N) is 1. The summed E-state index contributed by atoms with van der Waals surface area (Å²) in [6, 6.07) is 15.8. The van der Waals surface area contributed by atoms with Gasteiger partial charge in [-0.1, -0.05) is 30.3 Å². The van der Waals surface area contributed by atoms with E-state index in [1.165, 1.54) is 11.1 Å². The van der Waals surface area contributed by atoms with Gasteiger partial charge in [0.25, 0.3) is 0 Å². The van der Waals surface area contributed by atoms with Gasteiger partial charge in [-0.25, -0.2) is 4.98 Å². The smallest absolute Gasteiger partial charge is 0.142 e. The van der Waals surface area contributed by atoms with Crippen LogP contribution in [-0.2, 0) is 0 Å². The Kier molecular flexibility index (Phi) is 3.59. The van der Waals surface area contributed by atoms with E-state index in [0.29, 0.717) is 5.69 Å². The van der Waals surface area contributed by atoms with Crippen LogP contribution in [0.5, 0.6) is 0 Å². The van der Waals surface area contributed by atoms with Gasteiger partial charge in [0.05, 0.1) is 6.04 Å². The molecule has 90 valence electrons. The molecule has 0 fully saturated rings. The average molecular weight is 237 g/mol. The molecule has 1 aromatic carbocycles. The van der Waals surface area contributed by atoms with Crippen LogP contribution in [0.25, 0.3) is 0 Å². The zero-order chi connectivity index (χ0) is 13.0. The Bertz CT molecular complexity index is 584. The summed E-state index contributed by atoms with van der Waals surface area (Å²) in [6.45, 7) is 4.18. The molecule has 1 unspecified atom stereocenters. The number of nitriles is 1. The van der Waals surface area contributed by atoms with Gasteiger partial charge in [-0.05, 0) is 37.1 Å². The van der Waals surface area contributed by atoms with Gasteiger partial charge in [-0.3, -0.25) is 0 Å². The number of aryl methyl sites for hydroxylation is 1. The molecule has 0 bridgehead atoms. The highest BCUT2D eigenvalue weighted by Gasteiger charge is 2.08. The number of pyridine rings is 1. The van der Waals surface area contributed by atoms with E-state index in [0.717, 1.165) is 5.82 Å². The van der Waals surface area contributed by atoms with Gasteiger partial charge in [-0.15, -0.1) is 0 Å². The Balaban J connectivity index is 2.19. The molecule has 0 radical (unpaired) electrons. The van der Waals surface area contributed by atoms with E-state index in [2.05, 4.69) is 36.3 Å². The molecule has 0 aliphatic carbocycles. The number of rotatable bonds is 3. The monoisotopic (exact) mass is 237 g/mol. The van der Waals surface area contributed by atoms with Crippen LogP contribution in [-0.4, -0.2) is 4.98 Å². The molecule has 1 aromatic heterocycles. The standard InChI is InChI=1S/C15H15N3/c1-11-6-3-4-8-14(11)12(2)17-15-9-5-7-13(10-16)18-15/h3-9,12H,1-2H3,(H,17,18). The normalized spacial score (nSPS) is 11.6. The molecule has 0 amide bonds. The van der Waals surface area contributed by atoms with Crippen molar-refractivity contribution in [3.63, 3.8) is 0 Å². The van der Waals surface area contributed by atoms with Crippen LogP contribution < -0.4 is 5.32 Å². The minimum atomic E-state index is 0.160. The Hall–Kier alpha value is -2.34. The van der Waals surface area contributed by atoms with Gasteiger partial charge >= 0.3 is 0 Å². The molecule has 0 aliphatic rings. The van der Waals surface area contributed by atoms with Crippen LogP contribution in [0.1, 0.15) is 29.8 Å². The van der Waals surface area contributed by atoms with Crippen molar-refractivity contribution in [2.75, 3.05) is 5.32 Å². The van der Waals surface area contributed by atoms with E-state index >= 15 is 0 Å². The minimum absolute atomic E-state index is 0.160. The fourth-order valence-corrected chi connectivity index (χ4v) is 1.95. The Morgan fingerprint density at radius 1 is 1.17 bits per heavy atom. The van der Waals surface area contributed by atoms with Crippen molar-refractivity contribution in [3.8, 4) is 6.07 Å². The molecular formula is C15H15N3. The number of anilines is 1. The first-order valence-electron chi connectivity index (χ1n) is 5.90. The second-order valence-electron chi connectivity index (χ2n) is 4.24. The third kappa shape index (κ3) is 2.67. The van der Waals surface area contributed by atoms with E-state index in [9.17, 15) is 0 Å². The molecule has 0 spiro atoms.